The van der Waals surface area contributed by atoms with Gasteiger partial charge in [0.05, 0.1) is 21.3 Å². The summed E-state index contributed by atoms with van der Waals surface area (Å²) in [4.78, 5) is 11.8. The maximum Gasteiger partial charge on any atom is 0.203 e. The first kappa shape index (κ1) is 14.9. The largest absolute Gasteiger partial charge is 0.493 e. The highest BCUT2D eigenvalue weighted by Crippen LogP contribution is 2.44. The van der Waals surface area contributed by atoms with E-state index in [4.69, 9.17) is 14.2 Å². The summed E-state index contributed by atoms with van der Waals surface area (Å²) in [6.07, 6.45) is 0. The fourth-order valence-corrected chi connectivity index (χ4v) is 2.34. The lowest BCUT2D eigenvalue weighted by Crippen LogP contribution is -2.00. The van der Waals surface area contributed by atoms with Gasteiger partial charge in [0, 0.05) is 11.1 Å². The third-order valence-electron chi connectivity index (χ3n) is 3.30. The van der Waals surface area contributed by atoms with Crippen LogP contribution in [0.4, 0.5) is 0 Å². The highest BCUT2D eigenvalue weighted by molar-refractivity contribution is 6.01. The molecule has 0 aromatic heterocycles. The van der Waals surface area contributed by atoms with Crippen LogP contribution < -0.4 is 14.2 Å². The number of benzene rings is 2. The summed E-state index contributed by atoms with van der Waals surface area (Å²) < 4.78 is 16.1. The Bertz CT molecular complexity index is 662. The summed E-state index contributed by atoms with van der Waals surface area (Å²) in [5.41, 5.74) is 2.24. The van der Waals surface area contributed by atoms with Crippen LogP contribution in [0, 0.1) is 0 Å². The zero-order valence-electron chi connectivity index (χ0n) is 12.6. The van der Waals surface area contributed by atoms with Crippen LogP contribution in [0.1, 0.15) is 17.3 Å². The fraction of sp³-hybridized carbons (Fsp3) is 0.235. The van der Waals surface area contributed by atoms with E-state index in [-0.39, 0.29) is 5.78 Å². The van der Waals surface area contributed by atoms with Crippen molar-refractivity contribution in [1.29, 1.82) is 0 Å². The van der Waals surface area contributed by atoms with E-state index in [9.17, 15) is 4.79 Å². The number of ether oxygens (including phenoxy) is 3. The van der Waals surface area contributed by atoms with E-state index >= 15 is 0 Å². The summed E-state index contributed by atoms with van der Waals surface area (Å²) in [5.74, 6) is 1.64. The lowest BCUT2D eigenvalue weighted by Gasteiger charge is -2.17. The standard InChI is InChI=1S/C17H18O4/c1-11(18)12-7-5-6-8-13(12)14-9-10-15(19-2)17(21-4)16(14)20-3/h5-10H,1-4H3. The van der Waals surface area contributed by atoms with Crippen molar-refractivity contribution in [2.45, 2.75) is 6.92 Å². The third-order valence-corrected chi connectivity index (χ3v) is 3.30. The van der Waals surface area contributed by atoms with Gasteiger partial charge in [-0.15, -0.1) is 0 Å². The monoisotopic (exact) mass is 286 g/mol. The summed E-state index contributed by atoms with van der Waals surface area (Å²) in [5, 5.41) is 0. The van der Waals surface area contributed by atoms with Gasteiger partial charge in [0.1, 0.15) is 0 Å². The van der Waals surface area contributed by atoms with Gasteiger partial charge in [-0.3, -0.25) is 4.79 Å². The topological polar surface area (TPSA) is 44.8 Å². The van der Waals surface area contributed by atoms with E-state index in [1.807, 2.05) is 24.3 Å². The van der Waals surface area contributed by atoms with E-state index in [1.165, 1.54) is 0 Å². The number of Topliss-reactive ketones (excluding diaryl/α,β-unsaturated/α-hetero) is 1. The highest BCUT2D eigenvalue weighted by Gasteiger charge is 2.19. The number of ketones is 1. The Hall–Kier alpha value is -2.49. The summed E-state index contributed by atoms with van der Waals surface area (Å²) >= 11 is 0. The van der Waals surface area contributed by atoms with E-state index in [0.29, 0.717) is 22.8 Å². The van der Waals surface area contributed by atoms with Crippen LogP contribution in [0.25, 0.3) is 11.1 Å². The van der Waals surface area contributed by atoms with Gasteiger partial charge in [0.15, 0.2) is 17.3 Å². The molecule has 2 aromatic rings. The minimum Gasteiger partial charge on any atom is -0.493 e. The molecule has 110 valence electrons. The van der Waals surface area contributed by atoms with Gasteiger partial charge in [0.2, 0.25) is 5.75 Å². The maximum absolute atomic E-state index is 11.8. The minimum atomic E-state index is 0.00226. The smallest absolute Gasteiger partial charge is 0.203 e. The summed E-state index contributed by atoms with van der Waals surface area (Å²) in [6.45, 7) is 1.55. The molecule has 0 fully saturated rings. The van der Waals surface area contributed by atoms with Crippen LogP contribution in [0.2, 0.25) is 0 Å². The molecule has 0 aliphatic heterocycles. The fourth-order valence-electron chi connectivity index (χ4n) is 2.34. The molecule has 2 rings (SSSR count). The number of hydrogen-bond acceptors (Lipinski definition) is 4. The van der Waals surface area contributed by atoms with Crippen LogP contribution in [-0.4, -0.2) is 27.1 Å². The van der Waals surface area contributed by atoms with E-state index < -0.39 is 0 Å². The summed E-state index contributed by atoms with van der Waals surface area (Å²) in [6, 6.07) is 11.1. The Labute approximate surface area is 124 Å². The quantitative estimate of drug-likeness (QED) is 0.788. The second-order valence-corrected chi connectivity index (χ2v) is 4.48. The van der Waals surface area contributed by atoms with Crippen molar-refractivity contribution in [3.05, 3.63) is 42.0 Å². The Kier molecular flexibility index (Phi) is 4.48. The minimum absolute atomic E-state index is 0.00226. The Morgan fingerprint density at radius 2 is 1.48 bits per heavy atom. The van der Waals surface area contributed by atoms with Crippen molar-refractivity contribution in [1.82, 2.24) is 0 Å². The molecule has 0 radical (unpaired) electrons. The maximum atomic E-state index is 11.8. The van der Waals surface area contributed by atoms with Crippen LogP contribution in [-0.2, 0) is 0 Å². The molecule has 0 unspecified atom stereocenters. The van der Waals surface area contributed by atoms with Crippen molar-refractivity contribution in [3.8, 4) is 28.4 Å². The molecular formula is C17H18O4. The first-order chi connectivity index (χ1) is 10.1. The van der Waals surface area contributed by atoms with Gasteiger partial charge in [-0.2, -0.15) is 0 Å². The van der Waals surface area contributed by atoms with Crippen molar-refractivity contribution < 1.29 is 19.0 Å². The molecule has 21 heavy (non-hydrogen) atoms. The van der Waals surface area contributed by atoms with Gasteiger partial charge < -0.3 is 14.2 Å². The first-order valence-electron chi connectivity index (χ1n) is 6.53. The normalized spacial score (nSPS) is 10.1. The van der Waals surface area contributed by atoms with Crippen molar-refractivity contribution in [2.24, 2.45) is 0 Å². The molecule has 2 aromatic carbocycles. The second kappa shape index (κ2) is 6.31. The molecule has 0 aliphatic rings. The second-order valence-electron chi connectivity index (χ2n) is 4.48. The average molecular weight is 286 g/mol. The molecule has 0 saturated carbocycles. The van der Waals surface area contributed by atoms with Crippen molar-refractivity contribution in [2.75, 3.05) is 21.3 Å². The molecule has 0 spiro atoms. The Morgan fingerprint density at radius 1 is 0.810 bits per heavy atom. The number of hydrogen-bond donors (Lipinski definition) is 0. The van der Waals surface area contributed by atoms with Crippen LogP contribution >= 0.6 is 0 Å². The predicted octanol–water partition coefficient (Wildman–Crippen LogP) is 3.58. The number of methoxy groups -OCH3 is 3. The molecular weight excluding hydrogens is 268 g/mol. The zero-order valence-corrected chi connectivity index (χ0v) is 12.6. The lowest BCUT2D eigenvalue weighted by molar-refractivity contribution is 0.101. The van der Waals surface area contributed by atoms with E-state index in [0.717, 1.165) is 11.1 Å². The molecule has 0 N–H and O–H groups in total. The van der Waals surface area contributed by atoms with Crippen molar-refractivity contribution >= 4 is 5.78 Å². The SMILES string of the molecule is COc1ccc(-c2ccccc2C(C)=O)c(OC)c1OC. The van der Waals surface area contributed by atoms with E-state index in [2.05, 4.69) is 0 Å². The zero-order chi connectivity index (χ0) is 15.4. The number of rotatable bonds is 5. The highest BCUT2D eigenvalue weighted by atomic mass is 16.5. The van der Waals surface area contributed by atoms with Gasteiger partial charge >= 0.3 is 0 Å². The molecule has 0 aliphatic carbocycles. The molecule has 0 amide bonds. The molecule has 0 heterocycles. The van der Waals surface area contributed by atoms with Gasteiger partial charge in [0.25, 0.3) is 0 Å². The van der Waals surface area contributed by atoms with Crippen LogP contribution in [0.3, 0.4) is 0 Å². The van der Waals surface area contributed by atoms with Crippen molar-refractivity contribution in [3.63, 3.8) is 0 Å². The first-order valence-corrected chi connectivity index (χ1v) is 6.53. The van der Waals surface area contributed by atoms with Crippen LogP contribution in [0.5, 0.6) is 17.2 Å². The average Bonchev–Trinajstić information content (AvgIpc) is 2.53. The lowest BCUT2D eigenvalue weighted by atomic mass is 9.96. The third kappa shape index (κ3) is 2.70. The summed E-state index contributed by atoms with van der Waals surface area (Å²) in [7, 11) is 4.69. The van der Waals surface area contributed by atoms with Gasteiger partial charge in [-0.25, -0.2) is 0 Å². The molecule has 0 saturated heterocycles. The number of carbonyl (C=O) groups excluding carboxylic acids is 1. The molecule has 0 bridgehead atoms. The molecule has 4 nitrogen and oxygen atoms in total. The number of carbonyl (C=O) groups is 1. The Morgan fingerprint density at radius 3 is 2.05 bits per heavy atom. The molecule has 0 atom stereocenters. The van der Waals surface area contributed by atoms with Crippen LogP contribution in [0.15, 0.2) is 36.4 Å². The van der Waals surface area contributed by atoms with Gasteiger partial charge in [-0.05, 0) is 24.6 Å². The van der Waals surface area contributed by atoms with Gasteiger partial charge in [-0.1, -0.05) is 24.3 Å². The Balaban J connectivity index is 2.73. The molecule has 4 heteroatoms. The van der Waals surface area contributed by atoms with E-state index in [1.54, 1.807) is 40.4 Å². The predicted molar refractivity (Wildman–Crippen MR) is 81.5 cm³/mol.